The van der Waals surface area contributed by atoms with Crippen LogP contribution in [-0.2, 0) is 30.4 Å². The van der Waals surface area contributed by atoms with Gasteiger partial charge in [-0.1, -0.05) is 30.3 Å². The number of urea groups is 1. The number of terminal acetylenes is 1. The maximum absolute atomic E-state index is 12.6. The third-order valence-corrected chi connectivity index (χ3v) is 4.51. The maximum atomic E-state index is 12.6. The van der Waals surface area contributed by atoms with Crippen molar-refractivity contribution in [1.29, 1.82) is 0 Å². The number of nitrogens with one attached hydrogen (secondary N) is 3. The van der Waals surface area contributed by atoms with E-state index in [0.717, 1.165) is 5.56 Å². The number of hydrogen-bond acceptors (Lipinski definition) is 7. The van der Waals surface area contributed by atoms with Crippen molar-refractivity contribution in [2.24, 2.45) is 0 Å². The van der Waals surface area contributed by atoms with Crippen LogP contribution in [0.4, 0.5) is 9.59 Å². The molecule has 0 aliphatic rings. The Hall–Kier alpha value is -3.74. The molecule has 35 heavy (non-hydrogen) atoms. The maximum Gasteiger partial charge on any atom is 0.407 e. The summed E-state index contributed by atoms with van der Waals surface area (Å²) in [7, 11) is 1.18. The van der Waals surface area contributed by atoms with Gasteiger partial charge in [0.25, 0.3) is 0 Å². The molecule has 3 N–H and O–H groups in total. The van der Waals surface area contributed by atoms with Crippen molar-refractivity contribution in [2.75, 3.05) is 13.7 Å². The van der Waals surface area contributed by atoms with Crippen LogP contribution in [0.15, 0.2) is 30.3 Å². The lowest BCUT2D eigenvalue weighted by atomic mass is 10.1. The number of unbranched alkanes of at least 4 members (excludes halogenated alkanes) is 1. The number of carbonyl (C=O) groups is 4. The number of alkyl carbamates (subject to hydrolysis) is 1. The lowest BCUT2D eigenvalue weighted by molar-refractivity contribution is -0.157. The van der Waals surface area contributed by atoms with Gasteiger partial charge in [0.2, 0.25) is 0 Å². The summed E-state index contributed by atoms with van der Waals surface area (Å²) in [4.78, 5) is 48.6. The Morgan fingerprint density at radius 3 is 2.26 bits per heavy atom. The molecule has 10 nitrogen and oxygen atoms in total. The first-order valence-corrected chi connectivity index (χ1v) is 11.3. The Labute approximate surface area is 206 Å². The second-order valence-corrected chi connectivity index (χ2v) is 8.67. The molecule has 2 atom stereocenters. The van der Waals surface area contributed by atoms with Gasteiger partial charge in [0.15, 0.2) is 0 Å². The molecular weight excluding hydrogens is 454 g/mol. The van der Waals surface area contributed by atoms with Crippen LogP contribution in [0.2, 0.25) is 0 Å². The van der Waals surface area contributed by atoms with Crippen LogP contribution in [-0.4, -0.2) is 55.4 Å². The van der Waals surface area contributed by atoms with Crippen molar-refractivity contribution in [3.63, 3.8) is 0 Å². The Bertz CT molecular complexity index is 875. The Morgan fingerprint density at radius 2 is 1.66 bits per heavy atom. The molecule has 0 heterocycles. The van der Waals surface area contributed by atoms with Gasteiger partial charge in [-0.2, -0.15) is 0 Å². The Balaban J connectivity index is 2.54. The second-order valence-electron chi connectivity index (χ2n) is 8.67. The van der Waals surface area contributed by atoms with Crippen LogP contribution in [0.25, 0.3) is 0 Å². The zero-order valence-corrected chi connectivity index (χ0v) is 20.7. The average Bonchev–Trinajstić information content (AvgIpc) is 2.80. The number of benzene rings is 1. The molecule has 0 fully saturated rings. The van der Waals surface area contributed by atoms with E-state index in [1.54, 1.807) is 20.8 Å². The minimum atomic E-state index is -1.05. The zero-order valence-electron chi connectivity index (χ0n) is 20.7. The van der Waals surface area contributed by atoms with E-state index in [4.69, 9.17) is 15.9 Å². The van der Waals surface area contributed by atoms with Gasteiger partial charge in [-0.05, 0) is 45.6 Å². The molecule has 0 aromatic heterocycles. The van der Waals surface area contributed by atoms with Gasteiger partial charge < -0.3 is 30.2 Å². The highest BCUT2D eigenvalue weighted by atomic mass is 16.6. The largest absolute Gasteiger partial charge is 0.467 e. The second kappa shape index (κ2) is 15.2. The topological polar surface area (TPSA) is 132 Å². The van der Waals surface area contributed by atoms with Crippen LogP contribution in [0.3, 0.4) is 0 Å². The lowest BCUT2D eigenvalue weighted by Gasteiger charge is -2.25. The average molecular weight is 490 g/mol. The fraction of sp³-hybridized carbons (Fsp3) is 0.520. The zero-order chi connectivity index (χ0) is 26.3. The molecule has 1 aromatic rings. The highest BCUT2D eigenvalue weighted by molar-refractivity contribution is 5.87. The summed E-state index contributed by atoms with van der Waals surface area (Å²) in [6.45, 7) is 5.64. The summed E-state index contributed by atoms with van der Waals surface area (Å²) < 4.78 is 15.2. The predicted octanol–water partition coefficient (Wildman–Crippen LogP) is 2.66. The van der Waals surface area contributed by atoms with E-state index in [2.05, 4.69) is 26.6 Å². The van der Waals surface area contributed by atoms with Crippen LogP contribution < -0.4 is 16.0 Å². The Morgan fingerprint density at radius 1 is 1.00 bits per heavy atom. The van der Waals surface area contributed by atoms with E-state index >= 15 is 0 Å². The molecule has 0 radical (unpaired) electrons. The van der Waals surface area contributed by atoms with Crippen molar-refractivity contribution < 1.29 is 33.4 Å². The minimum Gasteiger partial charge on any atom is -0.467 e. The van der Waals surface area contributed by atoms with Crippen molar-refractivity contribution in [3.05, 3.63) is 35.9 Å². The molecule has 0 unspecified atom stereocenters. The van der Waals surface area contributed by atoms with E-state index in [1.165, 1.54) is 7.11 Å². The van der Waals surface area contributed by atoms with Gasteiger partial charge in [-0.25, -0.2) is 19.2 Å². The first-order chi connectivity index (χ1) is 16.6. The molecule has 1 aromatic carbocycles. The van der Waals surface area contributed by atoms with Gasteiger partial charge in [-0.15, -0.1) is 12.3 Å². The predicted molar refractivity (Wildman–Crippen MR) is 129 cm³/mol. The number of hydrogen-bond donors (Lipinski definition) is 3. The van der Waals surface area contributed by atoms with E-state index in [0.29, 0.717) is 19.4 Å². The number of ether oxygens (including phenoxy) is 3. The standard InChI is InChI=1S/C25H35N3O7/c1-6-12-19(21(29)33-5)27-23(31)28-20(22(30)35-25(2,3)4)15-10-11-16-26-24(32)34-17-18-13-8-7-9-14-18/h1,7-9,13-14,19-20H,10-12,15-17H2,2-5H3,(H,26,32)(H2,27,28,31)/t19-,20-/m0/s1. The third kappa shape index (κ3) is 12.9. The first kappa shape index (κ1) is 29.3. The van der Waals surface area contributed by atoms with E-state index in [1.807, 2.05) is 30.3 Å². The van der Waals surface area contributed by atoms with Gasteiger partial charge in [0, 0.05) is 13.0 Å². The molecular formula is C25H35N3O7. The fourth-order valence-corrected chi connectivity index (χ4v) is 2.87. The number of rotatable bonds is 12. The summed E-state index contributed by atoms with van der Waals surface area (Å²) in [5.74, 6) is 0.978. The number of methoxy groups -OCH3 is 1. The van der Waals surface area contributed by atoms with Crippen LogP contribution in [0, 0.1) is 12.3 Å². The molecule has 10 heteroatoms. The normalized spacial score (nSPS) is 12.3. The van der Waals surface area contributed by atoms with Crippen molar-refractivity contribution in [3.8, 4) is 12.3 Å². The lowest BCUT2D eigenvalue weighted by Crippen LogP contribution is -2.52. The Kier molecular flexibility index (Phi) is 12.7. The molecule has 192 valence electrons. The van der Waals surface area contributed by atoms with Crippen LogP contribution >= 0.6 is 0 Å². The SMILES string of the molecule is C#CC[C@H](NC(=O)N[C@@H](CCCCNC(=O)OCc1ccccc1)C(=O)OC(C)(C)C)C(=O)OC. The minimum absolute atomic E-state index is 0.0662. The highest BCUT2D eigenvalue weighted by Crippen LogP contribution is 2.12. The summed E-state index contributed by atoms with van der Waals surface area (Å²) in [5, 5.41) is 7.59. The smallest absolute Gasteiger partial charge is 0.407 e. The highest BCUT2D eigenvalue weighted by Gasteiger charge is 2.28. The molecule has 0 spiro atoms. The summed E-state index contributed by atoms with van der Waals surface area (Å²) >= 11 is 0. The molecule has 0 aliphatic heterocycles. The number of amides is 3. The third-order valence-electron chi connectivity index (χ3n) is 4.51. The van der Waals surface area contributed by atoms with Crippen molar-refractivity contribution in [1.82, 2.24) is 16.0 Å². The van der Waals surface area contributed by atoms with Gasteiger partial charge in [0.1, 0.15) is 24.3 Å². The summed E-state index contributed by atoms with van der Waals surface area (Å²) in [6.07, 6.45) is 5.91. The van der Waals surface area contributed by atoms with E-state index < -0.39 is 41.7 Å². The van der Waals surface area contributed by atoms with E-state index in [-0.39, 0.29) is 19.4 Å². The molecule has 3 amide bonds. The van der Waals surface area contributed by atoms with E-state index in [9.17, 15) is 19.2 Å². The quantitative estimate of drug-likeness (QED) is 0.178. The molecule has 1 rings (SSSR count). The van der Waals surface area contributed by atoms with Gasteiger partial charge in [-0.3, -0.25) is 0 Å². The van der Waals surface area contributed by atoms with Gasteiger partial charge in [0.05, 0.1) is 7.11 Å². The van der Waals surface area contributed by atoms with Crippen molar-refractivity contribution >= 4 is 24.1 Å². The molecule has 0 bridgehead atoms. The first-order valence-electron chi connectivity index (χ1n) is 11.3. The van der Waals surface area contributed by atoms with Crippen LogP contribution in [0.5, 0.6) is 0 Å². The molecule has 0 aliphatic carbocycles. The molecule has 0 saturated carbocycles. The van der Waals surface area contributed by atoms with Crippen LogP contribution in [0.1, 0.15) is 52.0 Å². The monoisotopic (exact) mass is 489 g/mol. The molecule has 0 saturated heterocycles. The number of carbonyl (C=O) groups excluding carboxylic acids is 4. The summed E-state index contributed by atoms with van der Waals surface area (Å²) in [5.41, 5.74) is 0.124. The van der Waals surface area contributed by atoms with Crippen molar-refractivity contribution in [2.45, 2.75) is 70.7 Å². The summed E-state index contributed by atoms with van der Waals surface area (Å²) in [6, 6.07) is 6.53. The van der Waals surface area contributed by atoms with Gasteiger partial charge >= 0.3 is 24.1 Å². The number of esters is 2. The fourth-order valence-electron chi connectivity index (χ4n) is 2.87.